The fourth-order valence-electron chi connectivity index (χ4n) is 3.41. The second kappa shape index (κ2) is 9.57. The fraction of sp³-hybridized carbons (Fsp3) is 0.208. The van der Waals surface area contributed by atoms with E-state index in [9.17, 15) is 14.4 Å². The normalized spacial score (nSPS) is 10.9. The van der Waals surface area contributed by atoms with Crippen molar-refractivity contribution in [1.29, 1.82) is 0 Å². The van der Waals surface area contributed by atoms with Crippen molar-refractivity contribution < 1.29 is 19.1 Å². The lowest BCUT2D eigenvalue weighted by Gasteiger charge is -2.08. The Morgan fingerprint density at radius 1 is 1.06 bits per heavy atom. The molecular weight excluding hydrogens is 438 g/mol. The van der Waals surface area contributed by atoms with Crippen molar-refractivity contribution in [3.8, 4) is 22.8 Å². The van der Waals surface area contributed by atoms with Gasteiger partial charge in [0.2, 0.25) is 0 Å². The lowest BCUT2D eigenvalue weighted by atomic mass is 10.2. The van der Waals surface area contributed by atoms with Crippen molar-refractivity contribution in [2.24, 2.45) is 5.73 Å². The first-order valence-corrected chi connectivity index (χ1v) is 10.7. The van der Waals surface area contributed by atoms with Gasteiger partial charge >= 0.3 is 11.7 Å². The first kappa shape index (κ1) is 22.7. The summed E-state index contributed by atoms with van der Waals surface area (Å²) in [4.78, 5) is 48.5. The first-order valence-electron chi connectivity index (χ1n) is 10.7. The Hall–Kier alpha value is -4.47. The number of esters is 1. The predicted molar refractivity (Wildman–Crippen MR) is 125 cm³/mol. The number of benzene rings is 2. The number of amides is 1. The van der Waals surface area contributed by atoms with Gasteiger partial charge in [0, 0.05) is 5.56 Å². The number of primary amides is 1. The molecule has 2 aromatic heterocycles. The molecule has 0 spiro atoms. The van der Waals surface area contributed by atoms with Crippen molar-refractivity contribution >= 4 is 23.0 Å². The highest BCUT2D eigenvalue weighted by molar-refractivity contribution is 6.02. The minimum absolute atomic E-state index is 0.109. The van der Waals surface area contributed by atoms with Crippen molar-refractivity contribution in [2.45, 2.75) is 19.8 Å². The molecule has 0 fully saturated rings. The summed E-state index contributed by atoms with van der Waals surface area (Å²) in [7, 11) is 1.55. The third-order valence-electron chi connectivity index (χ3n) is 5.21. The van der Waals surface area contributed by atoms with E-state index in [1.165, 1.54) is 4.57 Å². The number of carbonyl (C=O) groups is 2. The summed E-state index contributed by atoms with van der Waals surface area (Å²) in [5.41, 5.74) is 6.61. The van der Waals surface area contributed by atoms with Gasteiger partial charge in [0.05, 0.1) is 25.0 Å². The van der Waals surface area contributed by atoms with Crippen LogP contribution in [0.1, 0.15) is 40.6 Å². The third kappa shape index (κ3) is 4.38. The highest BCUT2D eigenvalue weighted by Crippen LogP contribution is 2.24. The van der Waals surface area contributed by atoms with Crippen molar-refractivity contribution in [1.82, 2.24) is 19.5 Å². The molecule has 0 aliphatic rings. The maximum absolute atomic E-state index is 12.8. The van der Waals surface area contributed by atoms with Crippen LogP contribution in [0.25, 0.3) is 28.2 Å². The van der Waals surface area contributed by atoms with Crippen LogP contribution in [0, 0.1) is 0 Å². The maximum Gasteiger partial charge on any atom is 0.338 e. The summed E-state index contributed by atoms with van der Waals surface area (Å²) in [5, 5.41) is 0. The minimum atomic E-state index is -0.805. The SMILES string of the molecule is CCCCOC(=O)c1ccc(-n2c(=O)[nH]c3c(C(N)=O)nc(-c4ccc(OC)cc4)nc32)cc1. The smallest absolute Gasteiger partial charge is 0.338 e. The highest BCUT2D eigenvalue weighted by Gasteiger charge is 2.20. The number of aromatic amines is 1. The Balaban J connectivity index is 1.79. The van der Waals surface area contributed by atoms with Crippen LogP contribution in [-0.4, -0.2) is 45.1 Å². The van der Waals surface area contributed by atoms with E-state index >= 15 is 0 Å². The van der Waals surface area contributed by atoms with E-state index in [1.807, 2.05) is 6.92 Å². The van der Waals surface area contributed by atoms with Crippen LogP contribution in [0.3, 0.4) is 0 Å². The molecule has 0 saturated carbocycles. The molecule has 4 rings (SSSR count). The quantitative estimate of drug-likeness (QED) is 0.303. The molecule has 0 radical (unpaired) electrons. The van der Waals surface area contributed by atoms with Crippen LogP contribution < -0.4 is 16.2 Å². The summed E-state index contributed by atoms with van der Waals surface area (Å²) in [6.45, 7) is 2.36. The number of nitrogens with one attached hydrogen (secondary N) is 1. The van der Waals surface area contributed by atoms with Gasteiger partial charge < -0.3 is 20.2 Å². The fourth-order valence-corrected chi connectivity index (χ4v) is 3.41. The number of methoxy groups -OCH3 is 1. The maximum atomic E-state index is 12.8. The molecule has 0 unspecified atom stereocenters. The van der Waals surface area contributed by atoms with E-state index in [-0.39, 0.29) is 22.7 Å². The van der Waals surface area contributed by atoms with E-state index in [0.717, 1.165) is 12.8 Å². The molecule has 0 aliphatic heterocycles. The van der Waals surface area contributed by atoms with E-state index in [1.54, 1.807) is 55.6 Å². The summed E-state index contributed by atoms with van der Waals surface area (Å²) in [5.74, 6) is -0.383. The van der Waals surface area contributed by atoms with Gasteiger partial charge in [-0.25, -0.2) is 24.1 Å². The monoisotopic (exact) mass is 461 g/mol. The predicted octanol–water partition coefficient (Wildman–Crippen LogP) is 2.84. The molecule has 1 amide bonds. The number of H-pyrrole nitrogens is 1. The van der Waals surface area contributed by atoms with Crippen molar-refractivity contribution in [3.63, 3.8) is 0 Å². The third-order valence-corrected chi connectivity index (χ3v) is 5.21. The Morgan fingerprint density at radius 2 is 1.76 bits per heavy atom. The average Bonchev–Trinajstić information content (AvgIpc) is 3.19. The summed E-state index contributed by atoms with van der Waals surface area (Å²) in [6.07, 6.45) is 1.70. The number of nitrogens with zero attached hydrogens (tertiary/aromatic N) is 3. The zero-order valence-electron chi connectivity index (χ0n) is 18.7. The molecule has 3 N–H and O–H groups in total. The molecule has 4 aromatic rings. The van der Waals surface area contributed by atoms with Gasteiger partial charge in [0.25, 0.3) is 5.91 Å². The molecular formula is C24H23N5O5. The van der Waals surface area contributed by atoms with E-state index in [4.69, 9.17) is 15.2 Å². The van der Waals surface area contributed by atoms with Gasteiger partial charge in [-0.3, -0.25) is 4.79 Å². The van der Waals surface area contributed by atoms with Crippen LogP contribution >= 0.6 is 0 Å². The molecule has 10 heteroatoms. The molecule has 0 atom stereocenters. The van der Waals surface area contributed by atoms with Gasteiger partial charge in [-0.2, -0.15) is 0 Å². The first-order chi connectivity index (χ1) is 16.4. The number of unbranched alkanes of at least 4 members (excludes halogenated alkanes) is 1. The molecule has 2 aromatic carbocycles. The van der Waals surface area contributed by atoms with Crippen LogP contribution in [-0.2, 0) is 4.74 Å². The van der Waals surface area contributed by atoms with Crippen LogP contribution in [0.15, 0.2) is 53.3 Å². The second-order valence-corrected chi connectivity index (χ2v) is 7.49. The minimum Gasteiger partial charge on any atom is -0.497 e. The number of rotatable bonds is 8. The lowest BCUT2D eigenvalue weighted by Crippen LogP contribution is -2.15. The number of nitrogens with two attached hydrogens (primary N) is 1. The number of carbonyl (C=O) groups excluding carboxylic acids is 2. The summed E-state index contributed by atoms with van der Waals surface area (Å²) < 4.78 is 11.7. The van der Waals surface area contributed by atoms with Crippen molar-refractivity contribution in [3.05, 3.63) is 70.3 Å². The Bertz CT molecular complexity index is 1400. The average molecular weight is 461 g/mol. The number of hydrogen-bond donors (Lipinski definition) is 2. The number of hydrogen-bond acceptors (Lipinski definition) is 7. The van der Waals surface area contributed by atoms with Gasteiger partial charge in [-0.15, -0.1) is 0 Å². The highest BCUT2D eigenvalue weighted by atomic mass is 16.5. The molecule has 2 heterocycles. The second-order valence-electron chi connectivity index (χ2n) is 7.49. The zero-order valence-corrected chi connectivity index (χ0v) is 18.7. The molecule has 0 aliphatic carbocycles. The molecule has 34 heavy (non-hydrogen) atoms. The van der Waals surface area contributed by atoms with Crippen LogP contribution in [0.4, 0.5) is 0 Å². The number of ether oxygens (including phenoxy) is 2. The van der Waals surface area contributed by atoms with Crippen LogP contribution in [0.2, 0.25) is 0 Å². The zero-order chi connectivity index (χ0) is 24.2. The lowest BCUT2D eigenvalue weighted by molar-refractivity contribution is 0.0499. The van der Waals surface area contributed by atoms with Crippen molar-refractivity contribution in [2.75, 3.05) is 13.7 Å². The Kier molecular flexibility index (Phi) is 6.39. The Morgan fingerprint density at radius 3 is 2.38 bits per heavy atom. The molecule has 0 bridgehead atoms. The largest absolute Gasteiger partial charge is 0.497 e. The van der Waals surface area contributed by atoms with Crippen LogP contribution in [0.5, 0.6) is 5.75 Å². The van der Waals surface area contributed by atoms with E-state index in [2.05, 4.69) is 15.0 Å². The topological polar surface area (TPSA) is 142 Å². The standard InChI is InChI=1S/C24H23N5O5/c1-3-4-13-34-23(31)15-5-9-16(10-6-15)29-22-19(27-24(29)32)18(20(25)30)26-21(28-22)14-7-11-17(33-2)12-8-14/h5-12H,3-4,13H2,1-2H3,(H2,25,30)(H,27,32). The van der Waals surface area contributed by atoms with Gasteiger partial charge in [-0.05, 0) is 55.0 Å². The van der Waals surface area contributed by atoms with E-state index in [0.29, 0.717) is 29.2 Å². The summed E-state index contributed by atoms with van der Waals surface area (Å²) >= 11 is 0. The van der Waals surface area contributed by atoms with Gasteiger partial charge in [0.15, 0.2) is 17.2 Å². The molecule has 0 saturated heterocycles. The molecule has 174 valence electrons. The van der Waals surface area contributed by atoms with Gasteiger partial charge in [0.1, 0.15) is 11.3 Å². The molecule has 10 nitrogen and oxygen atoms in total. The number of aromatic nitrogens is 4. The summed E-state index contributed by atoms with van der Waals surface area (Å²) in [6, 6.07) is 13.3. The Labute approximate surface area is 194 Å². The van der Waals surface area contributed by atoms with E-state index < -0.39 is 17.6 Å². The number of imidazole rings is 1. The number of fused-ring (bicyclic) bond motifs is 1. The van der Waals surface area contributed by atoms with Gasteiger partial charge in [-0.1, -0.05) is 13.3 Å².